The average molecular weight is 380 g/mol. The quantitative estimate of drug-likeness (QED) is 0.652. The summed E-state index contributed by atoms with van der Waals surface area (Å²) < 4.78 is 0. The fourth-order valence-electron chi connectivity index (χ4n) is 3.08. The summed E-state index contributed by atoms with van der Waals surface area (Å²) in [5.41, 5.74) is 4.28. The maximum atomic E-state index is 12.4. The lowest BCUT2D eigenvalue weighted by Crippen LogP contribution is -2.31. The molecule has 0 fully saturated rings. The zero-order valence-electron chi connectivity index (χ0n) is 16.0. The van der Waals surface area contributed by atoms with Gasteiger partial charge in [-0.05, 0) is 30.5 Å². The third-order valence-electron chi connectivity index (χ3n) is 4.59. The van der Waals surface area contributed by atoms with Crippen molar-refractivity contribution in [2.24, 2.45) is 5.92 Å². The Bertz CT molecular complexity index is 889. The molecule has 4 nitrogen and oxygen atoms in total. The first-order valence-electron chi connectivity index (χ1n) is 9.21. The Balaban J connectivity index is 1.59. The molecule has 0 radical (unpaired) electrons. The minimum atomic E-state index is 0.00522. The van der Waals surface area contributed by atoms with Crippen LogP contribution in [0.5, 0.6) is 0 Å². The minimum absolute atomic E-state index is 0.00522. The Morgan fingerprint density at radius 1 is 1.22 bits per heavy atom. The predicted molar refractivity (Wildman–Crippen MR) is 111 cm³/mol. The molecule has 3 aromatic rings. The molecule has 0 saturated heterocycles. The molecule has 1 aromatic carbocycles. The number of rotatable bonds is 7. The van der Waals surface area contributed by atoms with Gasteiger partial charge >= 0.3 is 0 Å². The molecular formula is C22H25N3OS. The van der Waals surface area contributed by atoms with Crippen LogP contribution in [0.1, 0.15) is 36.6 Å². The van der Waals surface area contributed by atoms with Crippen molar-refractivity contribution >= 4 is 17.2 Å². The molecule has 5 heteroatoms. The highest BCUT2D eigenvalue weighted by Crippen LogP contribution is 2.25. The van der Waals surface area contributed by atoms with Crippen LogP contribution in [0.25, 0.3) is 10.6 Å². The second-order valence-electron chi connectivity index (χ2n) is 7.13. The van der Waals surface area contributed by atoms with Gasteiger partial charge in [-0.3, -0.25) is 9.78 Å². The number of pyridine rings is 1. The second kappa shape index (κ2) is 8.91. The Morgan fingerprint density at radius 3 is 2.78 bits per heavy atom. The van der Waals surface area contributed by atoms with Crippen LogP contribution >= 0.6 is 11.3 Å². The molecule has 0 spiro atoms. The molecular weight excluding hydrogens is 354 g/mol. The molecule has 0 bridgehead atoms. The van der Waals surface area contributed by atoms with E-state index in [9.17, 15) is 4.79 Å². The Morgan fingerprint density at radius 2 is 2.07 bits per heavy atom. The van der Waals surface area contributed by atoms with Crippen LogP contribution in [-0.4, -0.2) is 22.4 Å². The standard InChI is InChI=1S/C22H25N3OS/c1-15(2)20(18-8-5-9-23-12-18)13-24-21(26)11-19-14-27-22(25-19)17-7-4-6-16(3)10-17/h4-10,12,14-15,20H,11,13H2,1-3H3,(H,24,26)/t20-/m1/s1. The van der Waals surface area contributed by atoms with Gasteiger partial charge in [-0.2, -0.15) is 0 Å². The van der Waals surface area contributed by atoms with E-state index in [0.29, 0.717) is 18.9 Å². The van der Waals surface area contributed by atoms with Gasteiger partial charge in [0.1, 0.15) is 5.01 Å². The molecule has 0 saturated carbocycles. The van der Waals surface area contributed by atoms with Crippen molar-refractivity contribution in [3.63, 3.8) is 0 Å². The van der Waals surface area contributed by atoms with Gasteiger partial charge in [0.05, 0.1) is 12.1 Å². The number of nitrogens with zero attached hydrogens (tertiary/aromatic N) is 2. The Hall–Kier alpha value is -2.53. The largest absolute Gasteiger partial charge is 0.355 e. The normalized spacial score (nSPS) is 12.1. The summed E-state index contributed by atoms with van der Waals surface area (Å²) in [5, 5.41) is 5.99. The maximum absolute atomic E-state index is 12.4. The maximum Gasteiger partial charge on any atom is 0.226 e. The second-order valence-corrected chi connectivity index (χ2v) is 7.99. The fraction of sp³-hybridized carbons (Fsp3) is 0.318. The van der Waals surface area contributed by atoms with Crippen molar-refractivity contribution in [1.29, 1.82) is 0 Å². The summed E-state index contributed by atoms with van der Waals surface area (Å²) >= 11 is 1.58. The van der Waals surface area contributed by atoms with E-state index in [-0.39, 0.29) is 11.8 Å². The number of carbonyl (C=O) groups is 1. The molecule has 3 rings (SSSR count). The van der Waals surface area contributed by atoms with E-state index >= 15 is 0 Å². The zero-order valence-corrected chi connectivity index (χ0v) is 16.8. The number of thiazole rings is 1. The molecule has 1 N–H and O–H groups in total. The highest BCUT2D eigenvalue weighted by molar-refractivity contribution is 7.13. The van der Waals surface area contributed by atoms with Crippen molar-refractivity contribution < 1.29 is 4.79 Å². The number of hydrogen-bond donors (Lipinski definition) is 1. The van der Waals surface area contributed by atoms with Gasteiger partial charge in [0, 0.05) is 35.8 Å². The molecule has 2 aromatic heterocycles. The number of nitrogens with one attached hydrogen (secondary N) is 1. The van der Waals surface area contributed by atoms with Crippen LogP contribution < -0.4 is 5.32 Å². The van der Waals surface area contributed by atoms with Crippen molar-refractivity contribution in [2.45, 2.75) is 33.1 Å². The van der Waals surface area contributed by atoms with E-state index in [2.05, 4.69) is 60.3 Å². The minimum Gasteiger partial charge on any atom is -0.355 e. The number of benzene rings is 1. The Labute approximate surface area is 164 Å². The highest BCUT2D eigenvalue weighted by Gasteiger charge is 2.17. The van der Waals surface area contributed by atoms with Gasteiger partial charge in [-0.25, -0.2) is 4.98 Å². The van der Waals surface area contributed by atoms with Crippen LogP contribution in [0.4, 0.5) is 0 Å². The number of carbonyl (C=O) groups excluding carboxylic acids is 1. The first kappa shape index (κ1) is 19.2. The van der Waals surface area contributed by atoms with E-state index in [1.807, 2.05) is 23.7 Å². The van der Waals surface area contributed by atoms with Gasteiger partial charge in [0.2, 0.25) is 5.91 Å². The first-order valence-corrected chi connectivity index (χ1v) is 10.1. The van der Waals surface area contributed by atoms with Gasteiger partial charge in [0.25, 0.3) is 0 Å². The molecule has 0 aliphatic heterocycles. The van der Waals surface area contributed by atoms with Crippen molar-refractivity contribution in [2.75, 3.05) is 6.54 Å². The van der Waals surface area contributed by atoms with Gasteiger partial charge in [-0.1, -0.05) is 43.7 Å². The Kier molecular flexibility index (Phi) is 6.35. The van der Waals surface area contributed by atoms with Crippen LogP contribution in [0.3, 0.4) is 0 Å². The first-order chi connectivity index (χ1) is 13.0. The summed E-state index contributed by atoms with van der Waals surface area (Å²) in [5.74, 6) is 0.674. The summed E-state index contributed by atoms with van der Waals surface area (Å²) in [6.07, 6.45) is 3.96. The summed E-state index contributed by atoms with van der Waals surface area (Å²) in [7, 11) is 0. The SMILES string of the molecule is Cc1cccc(-c2nc(CC(=O)NC[C@@H](c3cccnc3)C(C)C)cs2)c1. The smallest absolute Gasteiger partial charge is 0.226 e. The number of aromatic nitrogens is 2. The number of hydrogen-bond acceptors (Lipinski definition) is 4. The van der Waals surface area contributed by atoms with E-state index < -0.39 is 0 Å². The third-order valence-corrected chi connectivity index (χ3v) is 5.54. The van der Waals surface area contributed by atoms with Crippen LogP contribution in [0, 0.1) is 12.8 Å². The fourth-order valence-corrected chi connectivity index (χ4v) is 3.90. The lowest BCUT2D eigenvalue weighted by molar-refractivity contribution is -0.120. The van der Waals surface area contributed by atoms with Crippen molar-refractivity contribution in [3.8, 4) is 10.6 Å². The number of amides is 1. The molecule has 2 heterocycles. The summed E-state index contributed by atoms with van der Waals surface area (Å²) in [6, 6.07) is 12.3. The van der Waals surface area contributed by atoms with E-state index in [1.54, 1.807) is 17.5 Å². The van der Waals surface area contributed by atoms with Crippen LogP contribution in [0.15, 0.2) is 54.2 Å². The predicted octanol–water partition coefficient (Wildman–Crippen LogP) is 4.61. The number of aryl methyl sites for hydroxylation is 1. The molecule has 0 aliphatic rings. The van der Waals surface area contributed by atoms with E-state index in [4.69, 9.17) is 0 Å². The zero-order chi connectivity index (χ0) is 19.2. The topological polar surface area (TPSA) is 54.9 Å². The van der Waals surface area contributed by atoms with Crippen molar-refractivity contribution in [3.05, 3.63) is 71.0 Å². The molecule has 1 amide bonds. The third kappa shape index (κ3) is 5.23. The molecule has 27 heavy (non-hydrogen) atoms. The van der Waals surface area contributed by atoms with Gasteiger partial charge in [0.15, 0.2) is 0 Å². The summed E-state index contributed by atoms with van der Waals surface area (Å²) in [4.78, 5) is 21.2. The van der Waals surface area contributed by atoms with Gasteiger partial charge in [-0.15, -0.1) is 11.3 Å². The monoisotopic (exact) mass is 379 g/mol. The molecule has 1 atom stereocenters. The lowest BCUT2D eigenvalue weighted by atomic mass is 9.89. The molecule has 0 aliphatic carbocycles. The average Bonchev–Trinajstić information content (AvgIpc) is 3.11. The molecule has 0 unspecified atom stereocenters. The van der Waals surface area contributed by atoms with Crippen LogP contribution in [0.2, 0.25) is 0 Å². The highest BCUT2D eigenvalue weighted by atomic mass is 32.1. The van der Waals surface area contributed by atoms with E-state index in [0.717, 1.165) is 21.8 Å². The molecule has 140 valence electrons. The lowest BCUT2D eigenvalue weighted by Gasteiger charge is -2.21. The van der Waals surface area contributed by atoms with E-state index in [1.165, 1.54) is 5.56 Å². The van der Waals surface area contributed by atoms with Crippen LogP contribution in [-0.2, 0) is 11.2 Å². The van der Waals surface area contributed by atoms with Crippen molar-refractivity contribution in [1.82, 2.24) is 15.3 Å². The summed E-state index contributed by atoms with van der Waals surface area (Å²) in [6.45, 7) is 7.01. The van der Waals surface area contributed by atoms with Gasteiger partial charge < -0.3 is 5.32 Å².